The molecule has 2 aromatic carbocycles. The summed E-state index contributed by atoms with van der Waals surface area (Å²) in [5.41, 5.74) is 4.47. The third-order valence-electron chi connectivity index (χ3n) is 6.14. The van der Waals surface area contributed by atoms with Crippen molar-refractivity contribution in [3.63, 3.8) is 0 Å². The molecule has 0 radical (unpaired) electrons. The maximum absolute atomic E-state index is 12.6. The molecule has 3 rings (SSSR count). The van der Waals surface area contributed by atoms with Crippen LogP contribution >= 0.6 is 0 Å². The minimum atomic E-state index is -1.09. The van der Waals surface area contributed by atoms with Gasteiger partial charge in [0, 0.05) is 5.92 Å². The second-order valence-electron chi connectivity index (χ2n) is 8.14. The lowest BCUT2D eigenvalue weighted by molar-refractivity contribution is -0.143. The summed E-state index contributed by atoms with van der Waals surface area (Å²) >= 11 is 0. The van der Waals surface area contributed by atoms with Crippen molar-refractivity contribution in [2.75, 3.05) is 6.61 Å². The number of fused-ring (bicyclic) bond motifs is 3. The molecule has 7 heteroatoms. The zero-order valence-electron chi connectivity index (χ0n) is 18.6. The van der Waals surface area contributed by atoms with Crippen molar-refractivity contribution in [3.8, 4) is 11.1 Å². The van der Waals surface area contributed by atoms with Crippen molar-refractivity contribution in [2.24, 2.45) is 5.92 Å². The Bertz CT molecular complexity index is 944. The smallest absolute Gasteiger partial charge is 0.407 e. The van der Waals surface area contributed by atoms with Crippen molar-refractivity contribution in [1.29, 1.82) is 0 Å². The summed E-state index contributed by atoms with van der Waals surface area (Å²) in [7, 11) is 0. The fraction of sp³-hybridized carbons (Fsp3) is 0.400. The summed E-state index contributed by atoms with van der Waals surface area (Å²) in [5.74, 6) is -1.94. The van der Waals surface area contributed by atoms with Crippen molar-refractivity contribution in [2.45, 2.75) is 51.6 Å². The number of hydrogen-bond acceptors (Lipinski definition) is 4. The molecule has 170 valence electrons. The molecule has 0 fully saturated rings. The number of alkyl carbamates (subject to hydrolysis) is 1. The van der Waals surface area contributed by atoms with Crippen LogP contribution in [0.4, 0.5) is 4.79 Å². The van der Waals surface area contributed by atoms with E-state index < -0.39 is 30.1 Å². The minimum absolute atomic E-state index is 0.0798. The highest BCUT2D eigenvalue weighted by molar-refractivity contribution is 5.89. The quantitative estimate of drug-likeness (QED) is 0.550. The van der Waals surface area contributed by atoms with Gasteiger partial charge in [0.2, 0.25) is 5.91 Å². The predicted octanol–water partition coefficient (Wildman–Crippen LogP) is 3.92. The summed E-state index contributed by atoms with van der Waals surface area (Å²) in [6.07, 6.45) is 0.209. The summed E-state index contributed by atoms with van der Waals surface area (Å²) in [4.78, 5) is 36.6. The first-order valence-corrected chi connectivity index (χ1v) is 11.0. The maximum Gasteiger partial charge on any atom is 0.407 e. The molecular formula is C25H30N2O5. The molecule has 0 heterocycles. The largest absolute Gasteiger partial charge is 0.480 e. The summed E-state index contributed by atoms with van der Waals surface area (Å²) in [5, 5.41) is 14.5. The number of nitrogens with one attached hydrogen (secondary N) is 2. The van der Waals surface area contributed by atoms with Crippen LogP contribution in [0.25, 0.3) is 11.1 Å². The third-order valence-corrected chi connectivity index (χ3v) is 6.14. The van der Waals surface area contributed by atoms with E-state index in [1.54, 1.807) is 13.8 Å². The molecule has 7 nitrogen and oxygen atoms in total. The molecule has 32 heavy (non-hydrogen) atoms. The zero-order valence-corrected chi connectivity index (χ0v) is 18.6. The Morgan fingerprint density at radius 3 is 2.00 bits per heavy atom. The van der Waals surface area contributed by atoms with Gasteiger partial charge >= 0.3 is 12.1 Å². The van der Waals surface area contributed by atoms with Crippen LogP contribution < -0.4 is 10.6 Å². The highest BCUT2D eigenvalue weighted by Gasteiger charge is 2.31. The van der Waals surface area contributed by atoms with Crippen LogP contribution in [-0.4, -0.2) is 41.8 Å². The minimum Gasteiger partial charge on any atom is -0.480 e. The Labute approximate surface area is 188 Å². The van der Waals surface area contributed by atoms with E-state index in [-0.39, 0.29) is 18.4 Å². The van der Waals surface area contributed by atoms with Crippen molar-refractivity contribution < 1.29 is 24.2 Å². The van der Waals surface area contributed by atoms with E-state index in [9.17, 15) is 19.5 Å². The van der Waals surface area contributed by atoms with Gasteiger partial charge in [-0.15, -0.1) is 0 Å². The normalized spacial score (nSPS) is 15.1. The molecule has 1 aliphatic rings. The van der Waals surface area contributed by atoms with E-state index >= 15 is 0 Å². The lowest BCUT2D eigenvalue weighted by atomic mass is 9.98. The lowest BCUT2D eigenvalue weighted by Crippen LogP contribution is -2.53. The van der Waals surface area contributed by atoms with Crippen molar-refractivity contribution >= 4 is 18.0 Å². The van der Waals surface area contributed by atoms with Crippen LogP contribution in [0.2, 0.25) is 0 Å². The van der Waals surface area contributed by atoms with Crippen LogP contribution in [-0.2, 0) is 14.3 Å². The monoisotopic (exact) mass is 438 g/mol. The predicted molar refractivity (Wildman–Crippen MR) is 121 cm³/mol. The second-order valence-corrected chi connectivity index (χ2v) is 8.14. The van der Waals surface area contributed by atoms with Gasteiger partial charge in [-0.3, -0.25) is 4.79 Å². The van der Waals surface area contributed by atoms with Gasteiger partial charge in [-0.25, -0.2) is 9.59 Å². The molecule has 2 aromatic rings. The SMILES string of the molecule is CCC(C)C(NC(=O)[C@H](CC)NC(=O)OCC1c2ccccc2-c2ccccc21)C(=O)O. The molecule has 0 aliphatic heterocycles. The Morgan fingerprint density at radius 1 is 0.938 bits per heavy atom. The molecular weight excluding hydrogens is 408 g/mol. The highest BCUT2D eigenvalue weighted by Crippen LogP contribution is 2.44. The molecule has 0 aromatic heterocycles. The van der Waals surface area contributed by atoms with Gasteiger partial charge in [0.05, 0.1) is 0 Å². The summed E-state index contributed by atoms with van der Waals surface area (Å²) in [6, 6.07) is 14.2. The summed E-state index contributed by atoms with van der Waals surface area (Å²) in [6.45, 7) is 5.51. The van der Waals surface area contributed by atoms with Gasteiger partial charge in [0.25, 0.3) is 0 Å². The van der Waals surface area contributed by atoms with E-state index in [4.69, 9.17) is 4.74 Å². The molecule has 2 amide bonds. The first-order valence-electron chi connectivity index (χ1n) is 11.0. The number of benzene rings is 2. The Hall–Kier alpha value is -3.35. The average Bonchev–Trinajstić information content (AvgIpc) is 3.12. The van der Waals surface area contributed by atoms with Crippen molar-refractivity contribution in [3.05, 3.63) is 59.7 Å². The maximum atomic E-state index is 12.6. The van der Waals surface area contributed by atoms with Gasteiger partial charge in [-0.05, 0) is 34.6 Å². The molecule has 0 saturated carbocycles. The van der Waals surface area contributed by atoms with Crippen LogP contribution in [0.5, 0.6) is 0 Å². The number of aliphatic carboxylic acids is 1. The van der Waals surface area contributed by atoms with E-state index in [1.165, 1.54) is 0 Å². The Balaban J connectivity index is 1.63. The topological polar surface area (TPSA) is 105 Å². The van der Waals surface area contributed by atoms with Gasteiger partial charge in [0.1, 0.15) is 18.7 Å². The van der Waals surface area contributed by atoms with Crippen LogP contribution in [0.1, 0.15) is 50.7 Å². The number of hydrogen-bond donors (Lipinski definition) is 3. The van der Waals surface area contributed by atoms with Crippen LogP contribution in [0, 0.1) is 5.92 Å². The number of rotatable bonds is 9. The average molecular weight is 439 g/mol. The van der Waals surface area contributed by atoms with Gasteiger partial charge in [-0.2, -0.15) is 0 Å². The van der Waals surface area contributed by atoms with Gasteiger partial charge < -0.3 is 20.5 Å². The second kappa shape index (κ2) is 10.3. The molecule has 0 spiro atoms. The van der Waals surface area contributed by atoms with E-state index in [0.717, 1.165) is 22.3 Å². The number of carboxylic acid groups (broad SMARTS) is 1. The van der Waals surface area contributed by atoms with Crippen LogP contribution in [0.3, 0.4) is 0 Å². The van der Waals surface area contributed by atoms with Gasteiger partial charge in [0.15, 0.2) is 0 Å². The molecule has 3 N–H and O–H groups in total. The summed E-state index contributed by atoms with van der Waals surface area (Å²) < 4.78 is 5.50. The zero-order chi connectivity index (χ0) is 23.3. The fourth-order valence-corrected chi connectivity index (χ4v) is 4.07. The van der Waals surface area contributed by atoms with E-state index in [1.807, 2.05) is 43.3 Å². The molecule has 3 atom stereocenters. The van der Waals surface area contributed by atoms with Crippen LogP contribution in [0.15, 0.2) is 48.5 Å². The van der Waals surface area contributed by atoms with Gasteiger partial charge in [-0.1, -0.05) is 75.7 Å². The fourth-order valence-electron chi connectivity index (χ4n) is 4.07. The third kappa shape index (κ3) is 4.93. The molecule has 1 aliphatic carbocycles. The number of carbonyl (C=O) groups is 3. The number of carbonyl (C=O) groups excluding carboxylic acids is 2. The van der Waals surface area contributed by atoms with E-state index in [0.29, 0.717) is 12.8 Å². The van der Waals surface area contributed by atoms with Crippen molar-refractivity contribution in [1.82, 2.24) is 10.6 Å². The standard InChI is InChI=1S/C25H30N2O5/c1-4-15(3)22(24(29)30)27-23(28)21(5-2)26-25(31)32-14-20-18-12-8-6-10-16(18)17-11-7-9-13-19(17)20/h6-13,15,20-22H,4-5,14H2,1-3H3,(H,26,31)(H,27,28)(H,29,30)/t15?,21-,22?/m0/s1. The highest BCUT2D eigenvalue weighted by atomic mass is 16.5. The first-order chi connectivity index (χ1) is 15.4. The molecule has 0 bridgehead atoms. The molecule has 0 saturated heterocycles. The lowest BCUT2D eigenvalue weighted by Gasteiger charge is -2.24. The number of ether oxygens (including phenoxy) is 1. The Morgan fingerprint density at radius 2 is 1.50 bits per heavy atom. The Kier molecular flexibility index (Phi) is 7.51. The van der Waals surface area contributed by atoms with E-state index in [2.05, 4.69) is 22.8 Å². The number of carboxylic acids is 1. The first kappa shape index (κ1) is 23.3. The molecule has 2 unspecified atom stereocenters. The number of amides is 2.